The van der Waals surface area contributed by atoms with Crippen molar-refractivity contribution in [2.45, 2.75) is 58.4 Å². The maximum Gasteiger partial charge on any atom is 0.254 e. The topological polar surface area (TPSA) is 130 Å². The Morgan fingerprint density at radius 2 is 2.00 bits per heavy atom. The molecule has 0 unspecified atom stereocenters. The van der Waals surface area contributed by atoms with Crippen LogP contribution in [0.25, 0.3) is 0 Å². The van der Waals surface area contributed by atoms with Gasteiger partial charge in [-0.25, -0.2) is 23.1 Å². The van der Waals surface area contributed by atoms with Gasteiger partial charge in [-0.05, 0) is 56.5 Å². The van der Waals surface area contributed by atoms with E-state index in [0.29, 0.717) is 29.8 Å². The molecule has 0 aliphatic carbocycles. The fraction of sp³-hybridized carbons (Fsp3) is 0.429. The van der Waals surface area contributed by atoms with Crippen molar-refractivity contribution in [1.29, 1.82) is 0 Å². The van der Waals surface area contributed by atoms with Gasteiger partial charge in [0, 0.05) is 67.0 Å². The maximum absolute atomic E-state index is 13.3. The van der Waals surface area contributed by atoms with Crippen molar-refractivity contribution in [1.82, 2.24) is 29.5 Å². The summed E-state index contributed by atoms with van der Waals surface area (Å²) in [6, 6.07) is 9.65. The number of rotatable bonds is 8. The largest absolute Gasteiger partial charge is 0.497 e. The number of anilines is 2. The summed E-state index contributed by atoms with van der Waals surface area (Å²) in [5, 5.41) is 3.30. The monoisotopic (exact) mass is 565 g/mol. The molecule has 5 rings (SSSR count). The average molecular weight is 566 g/mol. The van der Waals surface area contributed by atoms with Crippen molar-refractivity contribution in [2.24, 2.45) is 0 Å². The van der Waals surface area contributed by atoms with Crippen molar-refractivity contribution in [3.05, 3.63) is 70.8 Å². The van der Waals surface area contributed by atoms with Gasteiger partial charge >= 0.3 is 0 Å². The second kappa shape index (κ2) is 11.5. The SMILES string of the molecule is COc1cc(C)cc(Nc2ncc3c(n2)CN([C@@H]2CCN(C(=O)c4ccnc(CNS(C)(=O)=O)c4)[C@H](C)C2)C3)c1. The number of amides is 1. The highest BCUT2D eigenvalue weighted by atomic mass is 32.2. The minimum atomic E-state index is -3.35. The molecule has 1 fully saturated rings. The summed E-state index contributed by atoms with van der Waals surface area (Å²) in [5.41, 5.74) is 5.14. The van der Waals surface area contributed by atoms with Crippen LogP contribution in [-0.4, -0.2) is 71.1 Å². The fourth-order valence-electron chi connectivity index (χ4n) is 5.42. The Morgan fingerprint density at radius 1 is 1.18 bits per heavy atom. The van der Waals surface area contributed by atoms with E-state index in [9.17, 15) is 13.2 Å². The number of methoxy groups -OCH3 is 1. The molecule has 2 aromatic heterocycles. The third-order valence-electron chi connectivity index (χ3n) is 7.43. The molecule has 0 saturated carbocycles. The minimum Gasteiger partial charge on any atom is -0.497 e. The Bertz CT molecular complexity index is 1510. The molecule has 1 saturated heterocycles. The molecule has 3 aromatic rings. The second-order valence-corrected chi connectivity index (χ2v) is 12.4. The predicted octanol–water partition coefficient (Wildman–Crippen LogP) is 2.99. The van der Waals surface area contributed by atoms with E-state index in [1.165, 1.54) is 0 Å². The van der Waals surface area contributed by atoms with Gasteiger partial charge in [0.25, 0.3) is 5.91 Å². The summed E-state index contributed by atoms with van der Waals surface area (Å²) >= 11 is 0. The number of carbonyl (C=O) groups is 1. The van der Waals surface area contributed by atoms with Gasteiger partial charge in [-0.2, -0.15) is 0 Å². The molecule has 1 amide bonds. The molecule has 2 aliphatic rings. The highest BCUT2D eigenvalue weighted by Gasteiger charge is 2.35. The van der Waals surface area contributed by atoms with Crippen LogP contribution in [0.1, 0.15) is 52.6 Å². The molecule has 11 nitrogen and oxygen atoms in total. The molecule has 12 heteroatoms. The quantitative estimate of drug-likeness (QED) is 0.423. The number of ether oxygens (including phenoxy) is 1. The smallest absolute Gasteiger partial charge is 0.254 e. The summed E-state index contributed by atoms with van der Waals surface area (Å²) in [5.74, 6) is 1.28. The lowest BCUT2D eigenvalue weighted by molar-refractivity contribution is 0.0460. The van der Waals surface area contributed by atoms with E-state index in [1.54, 1.807) is 25.4 Å². The third-order valence-corrected chi connectivity index (χ3v) is 8.10. The minimum absolute atomic E-state index is 0.0480. The molecule has 2 aliphatic heterocycles. The van der Waals surface area contributed by atoms with Crippen LogP contribution in [0.15, 0.2) is 42.7 Å². The summed E-state index contributed by atoms with van der Waals surface area (Å²) in [6.07, 6.45) is 6.26. The zero-order valence-electron chi connectivity index (χ0n) is 23.2. The van der Waals surface area contributed by atoms with Crippen molar-refractivity contribution in [2.75, 3.05) is 25.2 Å². The van der Waals surface area contributed by atoms with E-state index < -0.39 is 10.0 Å². The Labute approximate surface area is 235 Å². The Kier molecular flexibility index (Phi) is 8.02. The number of hydrogen-bond donors (Lipinski definition) is 2. The van der Waals surface area contributed by atoms with E-state index in [2.05, 4.69) is 31.8 Å². The number of piperidine rings is 1. The maximum atomic E-state index is 13.3. The number of nitrogens with one attached hydrogen (secondary N) is 2. The molecular formula is C28H35N7O4S. The van der Waals surface area contributed by atoms with Crippen molar-refractivity contribution < 1.29 is 17.9 Å². The van der Waals surface area contributed by atoms with E-state index in [0.717, 1.165) is 60.4 Å². The first-order valence-electron chi connectivity index (χ1n) is 13.3. The van der Waals surface area contributed by atoms with Gasteiger partial charge in [0.05, 0.1) is 31.3 Å². The van der Waals surface area contributed by atoms with Crippen LogP contribution in [0.3, 0.4) is 0 Å². The lowest BCUT2D eigenvalue weighted by Crippen LogP contribution is -2.50. The van der Waals surface area contributed by atoms with E-state index >= 15 is 0 Å². The first-order valence-corrected chi connectivity index (χ1v) is 15.2. The van der Waals surface area contributed by atoms with Crippen LogP contribution in [0.4, 0.5) is 11.6 Å². The number of hydrogen-bond acceptors (Lipinski definition) is 9. The third kappa shape index (κ3) is 6.57. The summed E-state index contributed by atoms with van der Waals surface area (Å²) < 4.78 is 30.6. The molecule has 2 atom stereocenters. The van der Waals surface area contributed by atoms with Crippen LogP contribution in [-0.2, 0) is 29.7 Å². The standard InChI is InChI=1S/C28H35N7O4S/c1-18-9-22(13-25(10-18)39-3)32-28-30-14-21-16-34(17-26(21)33-28)24-6-8-35(19(2)11-24)27(36)20-5-7-29-23(12-20)15-31-40(4,37)38/h5,7,9-10,12-14,19,24,31H,6,8,11,15-17H2,1-4H3,(H,30,32,33)/t19-,24-/m1/s1. The van der Waals surface area contributed by atoms with E-state index in [-0.39, 0.29) is 18.5 Å². The van der Waals surface area contributed by atoms with Crippen molar-refractivity contribution >= 4 is 27.6 Å². The number of carbonyl (C=O) groups excluding carboxylic acids is 1. The van der Waals surface area contributed by atoms with Gasteiger partial charge in [-0.1, -0.05) is 0 Å². The molecule has 40 heavy (non-hydrogen) atoms. The highest BCUT2D eigenvalue weighted by molar-refractivity contribution is 7.88. The van der Waals surface area contributed by atoms with Crippen LogP contribution >= 0.6 is 0 Å². The molecule has 0 radical (unpaired) electrons. The van der Waals surface area contributed by atoms with Gasteiger partial charge in [0.1, 0.15) is 5.75 Å². The normalized spacial score (nSPS) is 19.4. The number of likely N-dealkylation sites (tertiary alicyclic amines) is 1. The first-order chi connectivity index (χ1) is 19.1. The molecule has 4 heterocycles. The van der Waals surface area contributed by atoms with Gasteiger partial charge in [0.15, 0.2) is 0 Å². The van der Waals surface area contributed by atoms with Gasteiger partial charge < -0.3 is 15.0 Å². The Morgan fingerprint density at radius 3 is 2.75 bits per heavy atom. The second-order valence-electron chi connectivity index (χ2n) is 10.6. The van der Waals surface area contributed by atoms with Crippen LogP contribution < -0.4 is 14.8 Å². The zero-order chi connectivity index (χ0) is 28.4. The number of aryl methyl sites for hydroxylation is 1. The number of aromatic nitrogens is 3. The lowest BCUT2D eigenvalue weighted by atomic mass is 9.96. The molecule has 1 aromatic carbocycles. The van der Waals surface area contributed by atoms with E-state index in [4.69, 9.17) is 9.72 Å². The van der Waals surface area contributed by atoms with Gasteiger partial charge in [-0.3, -0.25) is 14.7 Å². The first kappa shape index (κ1) is 27.9. The number of sulfonamides is 1. The summed E-state index contributed by atoms with van der Waals surface area (Å²) in [6.45, 7) is 6.33. The average Bonchev–Trinajstić information content (AvgIpc) is 3.34. The molecule has 0 spiro atoms. The number of pyridine rings is 1. The fourth-order valence-corrected chi connectivity index (χ4v) is 5.83. The van der Waals surface area contributed by atoms with Gasteiger partial charge in [0.2, 0.25) is 16.0 Å². The number of nitrogens with zero attached hydrogens (tertiary/aromatic N) is 5. The zero-order valence-corrected chi connectivity index (χ0v) is 24.0. The van der Waals surface area contributed by atoms with Crippen molar-refractivity contribution in [3.8, 4) is 5.75 Å². The van der Waals surface area contributed by atoms with Crippen LogP contribution in [0, 0.1) is 6.92 Å². The lowest BCUT2D eigenvalue weighted by Gasteiger charge is -2.41. The Hall–Kier alpha value is -3.61. The van der Waals surface area contributed by atoms with Crippen molar-refractivity contribution in [3.63, 3.8) is 0 Å². The van der Waals surface area contributed by atoms with Crippen LogP contribution in [0.5, 0.6) is 5.75 Å². The van der Waals surface area contributed by atoms with E-state index in [1.807, 2.05) is 36.2 Å². The van der Waals surface area contributed by atoms with Crippen LogP contribution in [0.2, 0.25) is 0 Å². The molecule has 2 N–H and O–H groups in total. The molecule has 212 valence electrons. The summed E-state index contributed by atoms with van der Waals surface area (Å²) in [4.78, 5) is 31.2. The highest BCUT2D eigenvalue weighted by Crippen LogP contribution is 2.31. The summed E-state index contributed by atoms with van der Waals surface area (Å²) in [7, 11) is -1.70. The van der Waals surface area contributed by atoms with Gasteiger partial charge in [-0.15, -0.1) is 0 Å². The predicted molar refractivity (Wildman–Crippen MR) is 152 cm³/mol. The number of benzene rings is 1. The number of fused-ring (bicyclic) bond motifs is 1. The Balaban J connectivity index is 1.19. The molecule has 0 bridgehead atoms. The molecular weight excluding hydrogens is 530 g/mol.